The highest BCUT2D eigenvalue weighted by molar-refractivity contribution is 7.98. The molecule has 0 bridgehead atoms. The summed E-state index contributed by atoms with van der Waals surface area (Å²) in [6, 6.07) is 14.5. The molecule has 170 valence electrons. The predicted octanol–water partition coefficient (Wildman–Crippen LogP) is 6.92. The third-order valence-electron chi connectivity index (χ3n) is 5.00. The maximum Gasteiger partial charge on any atom is 0.188 e. The van der Waals surface area contributed by atoms with Crippen molar-refractivity contribution in [2.45, 2.75) is 29.8 Å². The minimum absolute atomic E-state index is 0.718. The average molecular weight is 496 g/mol. The van der Waals surface area contributed by atoms with Gasteiger partial charge in [0.15, 0.2) is 16.7 Å². The number of benzene rings is 1. The molecule has 4 rings (SSSR count). The maximum absolute atomic E-state index is 5.52. The monoisotopic (exact) mass is 495 g/mol. The molecule has 0 aliphatic heterocycles. The highest BCUT2D eigenvalue weighted by Gasteiger charge is 2.16. The Balaban J connectivity index is 1.72. The molecular weight excluding hydrogens is 470 g/mol. The first kappa shape index (κ1) is 23.6. The lowest BCUT2D eigenvalue weighted by Crippen LogP contribution is -1.93. The molecular formula is C25H25N3O2S3. The van der Waals surface area contributed by atoms with Crippen LogP contribution < -0.4 is 9.47 Å². The number of ether oxygens (including phenoxy) is 2. The first-order valence-corrected chi connectivity index (χ1v) is 13.3. The molecule has 1 aromatic carbocycles. The fraction of sp³-hybridized carbons (Fsp3) is 0.240. The van der Waals surface area contributed by atoms with Crippen LogP contribution in [0.25, 0.3) is 20.9 Å². The molecule has 0 unspecified atom stereocenters. The van der Waals surface area contributed by atoms with Crippen molar-refractivity contribution in [3.8, 4) is 32.4 Å². The fourth-order valence-corrected chi connectivity index (χ4v) is 6.00. The van der Waals surface area contributed by atoms with Crippen molar-refractivity contribution < 1.29 is 9.47 Å². The minimum atomic E-state index is 0.718. The molecule has 0 N–H and O–H groups in total. The summed E-state index contributed by atoms with van der Waals surface area (Å²) < 4.78 is 10.9. The SMILES string of the molecule is COc1ccc(-c2cc(CSc3nc(C)cc(C)n3)c(-c3ccc(SC)nc3)s2)cc1OC. The van der Waals surface area contributed by atoms with Crippen LogP contribution in [0.15, 0.2) is 58.8 Å². The van der Waals surface area contributed by atoms with Crippen molar-refractivity contribution in [2.75, 3.05) is 20.5 Å². The van der Waals surface area contributed by atoms with E-state index in [1.165, 1.54) is 10.4 Å². The summed E-state index contributed by atoms with van der Waals surface area (Å²) >= 11 is 5.05. The van der Waals surface area contributed by atoms with Gasteiger partial charge in [-0.3, -0.25) is 0 Å². The van der Waals surface area contributed by atoms with Crippen molar-refractivity contribution in [3.63, 3.8) is 0 Å². The van der Waals surface area contributed by atoms with E-state index in [9.17, 15) is 0 Å². The minimum Gasteiger partial charge on any atom is -0.493 e. The van der Waals surface area contributed by atoms with E-state index in [0.717, 1.165) is 54.8 Å². The van der Waals surface area contributed by atoms with E-state index >= 15 is 0 Å². The molecule has 0 aliphatic rings. The Hall–Kier alpha value is -2.55. The largest absolute Gasteiger partial charge is 0.493 e. The van der Waals surface area contributed by atoms with Crippen LogP contribution in [0.5, 0.6) is 11.5 Å². The molecule has 8 heteroatoms. The Bertz CT molecular complexity index is 1240. The second-order valence-corrected chi connectivity index (χ2v) is 10.2. The van der Waals surface area contributed by atoms with Crippen LogP contribution in [-0.2, 0) is 5.75 Å². The average Bonchev–Trinajstić information content (AvgIpc) is 3.26. The summed E-state index contributed by atoms with van der Waals surface area (Å²) in [6.45, 7) is 4.01. The molecule has 0 fully saturated rings. The van der Waals surface area contributed by atoms with Crippen molar-refractivity contribution in [3.05, 3.63) is 65.6 Å². The van der Waals surface area contributed by atoms with Gasteiger partial charge in [-0.15, -0.1) is 23.1 Å². The van der Waals surface area contributed by atoms with Crippen LogP contribution in [0.4, 0.5) is 0 Å². The number of thiophene rings is 1. The van der Waals surface area contributed by atoms with E-state index in [4.69, 9.17) is 9.47 Å². The molecule has 0 amide bonds. The van der Waals surface area contributed by atoms with Gasteiger partial charge in [-0.1, -0.05) is 11.8 Å². The predicted molar refractivity (Wildman–Crippen MR) is 139 cm³/mol. The maximum atomic E-state index is 5.52. The molecule has 0 saturated carbocycles. The first-order chi connectivity index (χ1) is 16.0. The van der Waals surface area contributed by atoms with E-state index in [1.54, 1.807) is 49.1 Å². The summed E-state index contributed by atoms with van der Waals surface area (Å²) in [5.74, 6) is 2.21. The highest BCUT2D eigenvalue weighted by atomic mass is 32.2. The van der Waals surface area contributed by atoms with Crippen LogP contribution in [0, 0.1) is 13.8 Å². The summed E-state index contributed by atoms with van der Waals surface area (Å²) in [6.07, 6.45) is 3.99. The highest BCUT2D eigenvalue weighted by Crippen LogP contribution is 2.42. The Labute approximate surface area is 207 Å². The second-order valence-electron chi connectivity index (χ2n) is 7.35. The van der Waals surface area contributed by atoms with Crippen molar-refractivity contribution in [1.82, 2.24) is 15.0 Å². The molecule has 0 radical (unpaired) electrons. The normalized spacial score (nSPS) is 10.9. The summed E-state index contributed by atoms with van der Waals surface area (Å²) in [5.41, 5.74) is 5.40. The summed E-state index contributed by atoms with van der Waals surface area (Å²) in [5, 5.41) is 1.81. The van der Waals surface area contributed by atoms with Gasteiger partial charge < -0.3 is 9.47 Å². The number of aryl methyl sites for hydroxylation is 2. The van der Waals surface area contributed by atoms with Gasteiger partial charge in [0.1, 0.15) is 0 Å². The van der Waals surface area contributed by atoms with E-state index in [0.29, 0.717) is 0 Å². The Morgan fingerprint density at radius 1 is 0.879 bits per heavy atom. The number of pyridine rings is 1. The molecule has 0 spiro atoms. The quantitative estimate of drug-likeness (QED) is 0.194. The number of thioether (sulfide) groups is 2. The second kappa shape index (κ2) is 10.6. The van der Waals surface area contributed by atoms with Crippen LogP contribution in [-0.4, -0.2) is 35.4 Å². The van der Waals surface area contributed by atoms with Gasteiger partial charge in [0, 0.05) is 38.7 Å². The molecule has 33 heavy (non-hydrogen) atoms. The van der Waals surface area contributed by atoms with Gasteiger partial charge in [-0.05, 0) is 73.7 Å². The number of hydrogen-bond donors (Lipinski definition) is 0. The zero-order chi connectivity index (χ0) is 23.4. The van der Waals surface area contributed by atoms with Gasteiger partial charge in [-0.2, -0.15) is 0 Å². The van der Waals surface area contributed by atoms with Crippen LogP contribution in [0.3, 0.4) is 0 Å². The zero-order valence-corrected chi connectivity index (χ0v) is 21.7. The molecule has 4 aromatic rings. The molecule has 0 atom stereocenters. The summed E-state index contributed by atoms with van der Waals surface area (Å²) in [7, 11) is 3.31. The molecule has 5 nitrogen and oxygen atoms in total. The third-order valence-corrected chi connectivity index (χ3v) is 7.83. The lowest BCUT2D eigenvalue weighted by molar-refractivity contribution is 0.355. The van der Waals surface area contributed by atoms with E-state index in [-0.39, 0.29) is 0 Å². The number of methoxy groups -OCH3 is 2. The Kier molecular flexibility index (Phi) is 7.57. The first-order valence-electron chi connectivity index (χ1n) is 10.3. The molecule has 3 aromatic heterocycles. The topological polar surface area (TPSA) is 57.1 Å². The lowest BCUT2D eigenvalue weighted by atomic mass is 10.1. The molecule has 0 saturated heterocycles. The van der Waals surface area contributed by atoms with Crippen LogP contribution in [0.2, 0.25) is 0 Å². The standard InChI is InChI=1S/C25H25N3O2S3/c1-15-10-16(2)28-25(27-15)32-14-19-12-22(17-6-8-20(29-3)21(11-17)30-4)33-24(19)18-7-9-23(31-5)26-13-18/h6-13H,14H2,1-5H3. The van der Waals surface area contributed by atoms with Gasteiger partial charge in [0.25, 0.3) is 0 Å². The van der Waals surface area contributed by atoms with Crippen LogP contribution >= 0.6 is 34.9 Å². The Morgan fingerprint density at radius 2 is 1.61 bits per heavy atom. The van der Waals surface area contributed by atoms with Gasteiger partial charge >= 0.3 is 0 Å². The molecule has 3 heterocycles. The Morgan fingerprint density at radius 3 is 2.24 bits per heavy atom. The van der Waals surface area contributed by atoms with Gasteiger partial charge in [0.2, 0.25) is 0 Å². The zero-order valence-electron chi connectivity index (χ0n) is 19.2. The third kappa shape index (κ3) is 5.51. The molecule has 0 aliphatic carbocycles. The smallest absolute Gasteiger partial charge is 0.188 e. The number of hydrogen-bond acceptors (Lipinski definition) is 8. The summed E-state index contributed by atoms with van der Waals surface area (Å²) in [4.78, 5) is 16.1. The van der Waals surface area contributed by atoms with Crippen molar-refractivity contribution in [2.24, 2.45) is 0 Å². The number of aromatic nitrogens is 3. The number of nitrogens with zero attached hydrogens (tertiary/aromatic N) is 3. The van der Waals surface area contributed by atoms with Gasteiger partial charge in [-0.25, -0.2) is 15.0 Å². The van der Waals surface area contributed by atoms with E-state index in [1.807, 2.05) is 44.5 Å². The fourth-order valence-electron chi connectivity index (χ4n) is 3.45. The van der Waals surface area contributed by atoms with Crippen molar-refractivity contribution in [1.29, 1.82) is 0 Å². The van der Waals surface area contributed by atoms with Crippen molar-refractivity contribution >= 4 is 34.9 Å². The number of rotatable bonds is 8. The van der Waals surface area contributed by atoms with E-state index < -0.39 is 0 Å². The van der Waals surface area contributed by atoms with Crippen LogP contribution in [0.1, 0.15) is 17.0 Å². The van der Waals surface area contributed by atoms with E-state index in [2.05, 4.69) is 39.2 Å². The lowest BCUT2D eigenvalue weighted by Gasteiger charge is -2.08. The van der Waals surface area contributed by atoms with Gasteiger partial charge in [0.05, 0.1) is 19.2 Å².